The minimum Gasteiger partial charge on any atom is -0.480 e. The summed E-state index contributed by atoms with van der Waals surface area (Å²) in [5, 5.41) is 10.7. The maximum absolute atomic E-state index is 11.2. The van der Waals surface area contributed by atoms with Crippen LogP contribution in [0, 0.1) is 0 Å². The number of ether oxygens (including phenoxy) is 1. The van der Waals surface area contributed by atoms with Gasteiger partial charge in [0, 0.05) is 6.54 Å². The van der Waals surface area contributed by atoms with Crippen molar-refractivity contribution in [2.45, 2.75) is 6.04 Å². The first-order chi connectivity index (χ1) is 7.59. The average Bonchev–Trinajstić information content (AvgIpc) is 2.27. The van der Waals surface area contributed by atoms with Gasteiger partial charge in [0.25, 0.3) is 0 Å². The molecule has 1 amide bonds. The summed E-state index contributed by atoms with van der Waals surface area (Å²) in [6.07, 6.45) is -0.733. The van der Waals surface area contributed by atoms with Crippen molar-refractivity contribution in [2.75, 3.05) is 6.54 Å². The first kappa shape index (κ1) is 12.0. The van der Waals surface area contributed by atoms with E-state index in [-0.39, 0.29) is 6.54 Å². The second-order valence-electron chi connectivity index (χ2n) is 3.03. The SMILES string of the molecule is N[C@H](CNC(=O)Oc1ccccc1)C(=O)O. The number of carboxylic acid groups (broad SMARTS) is 1. The summed E-state index contributed by atoms with van der Waals surface area (Å²) in [5.41, 5.74) is 5.19. The van der Waals surface area contributed by atoms with Gasteiger partial charge >= 0.3 is 12.1 Å². The molecule has 0 aliphatic carbocycles. The number of hydrogen-bond acceptors (Lipinski definition) is 4. The van der Waals surface area contributed by atoms with Crippen LogP contribution in [0.2, 0.25) is 0 Å². The lowest BCUT2D eigenvalue weighted by Gasteiger charge is -2.08. The van der Waals surface area contributed by atoms with Gasteiger partial charge in [0.2, 0.25) is 0 Å². The second kappa shape index (κ2) is 5.72. The summed E-state index contributed by atoms with van der Waals surface area (Å²) >= 11 is 0. The topological polar surface area (TPSA) is 102 Å². The molecule has 0 spiro atoms. The minimum atomic E-state index is -1.18. The summed E-state index contributed by atoms with van der Waals surface area (Å²) in [7, 11) is 0. The lowest BCUT2D eigenvalue weighted by atomic mass is 10.3. The molecule has 1 atom stereocenters. The normalized spacial score (nSPS) is 11.6. The fraction of sp³-hybridized carbons (Fsp3) is 0.200. The van der Waals surface area contributed by atoms with E-state index < -0.39 is 18.1 Å². The number of nitrogens with one attached hydrogen (secondary N) is 1. The smallest absolute Gasteiger partial charge is 0.412 e. The number of nitrogens with two attached hydrogens (primary N) is 1. The fourth-order valence-electron chi connectivity index (χ4n) is 0.912. The number of amides is 1. The second-order valence-corrected chi connectivity index (χ2v) is 3.03. The molecule has 0 saturated carbocycles. The molecule has 0 fully saturated rings. The molecule has 4 N–H and O–H groups in total. The molecule has 1 aromatic carbocycles. The number of para-hydroxylation sites is 1. The number of carbonyl (C=O) groups is 2. The van der Waals surface area contributed by atoms with Gasteiger partial charge in [-0.1, -0.05) is 18.2 Å². The molecule has 0 aliphatic heterocycles. The lowest BCUT2D eigenvalue weighted by Crippen LogP contribution is -2.43. The third-order valence-electron chi connectivity index (χ3n) is 1.74. The van der Waals surface area contributed by atoms with Crippen LogP contribution in [-0.4, -0.2) is 29.8 Å². The molecule has 0 aromatic heterocycles. The molecule has 0 aliphatic rings. The van der Waals surface area contributed by atoms with Gasteiger partial charge in [0.05, 0.1) is 0 Å². The van der Waals surface area contributed by atoms with Crippen molar-refractivity contribution < 1.29 is 19.4 Å². The Labute approximate surface area is 92.0 Å². The molecule has 0 saturated heterocycles. The number of rotatable bonds is 4. The monoisotopic (exact) mass is 224 g/mol. The fourth-order valence-corrected chi connectivity index (χ4v) is 0.912. The highest BCUT2D eigenvalue weighted by Gasteiger charge is 2.13. The molecule has 6 heteroatoms. The van der Waals surface area contributed by atoms with Crippen molar-refractivity contribution in [1.82, 2.24) is 5.32 Å². The van der Waals surface area contributed by atoms with Crippen molar-refractivity contribution in [3.8, 4) is 5.75 Å². The molecule has 0 unspecified atom stereocenters. The van der Waals surface area contributed by atoms with Gasteiger partial charge in [-0.05, 0) is 12.1 Å². The molecular weight excluding hydrogens is 212 g/mol. The number of carboxylic acids is 1. The van der Waals surface area contributed by atoms with Crippen molar-refractivity contribution in [2.24, 2.45) is 5.73 Å². The zero-order valence-electron chi connectivity index (χ0n) is 8.42. The summed E-state index contributed by atoms with van der Waals surface area (Å²) < 4.78 is 4.85. The molecule has 0 heterocycles. The molecule has 0 bridgehead atoms. The summed E-state index contributed by atoms with van der Waals surface area (Å²) in [4.78, 5) is 21.5. The van der Waals surface area contributed by atoms with E-state index in [0.29, 0.717) is 5.75 Å². The number of carbonyl (C=O) groups excluding carboxylic acids is 1. The summed E-state index contributed by atoms with van der Waals surface area (Å²) in [6.45, 7) is -0.180. The van der Waals surface area contributed by atoms with Crippen LogP contribution in [-0.2, 0) is 4.79 Å². The third-order valence-corrected chi connectivity index (χ3v) is 1.74. The lowest BCUT2D eigenvalue weighted by molar-refractivity contribution is -0.138. The third kappa shape index (κ3) is 3.97. The van der Waals surface area contributed by atoms with Crippen LogP contribution in [0.4, 0.5) is 4.79 Å². The summed E-state index contributed by atoms with van der Waals surface area (Å²) in [6, 6.07) is 7.29. The molecule has 86 valence electrons. The van der Waals surface area contributed by atoms with Gasteiger partial charge in [-0.3, -0.25) is 4.79 Å². The molecule has 1 rings (SSSR count). The Hall–Kier alpha value is -2.08. The molecule has 1 aromatic rings. The van der Waals surface area contributed by atoms with Crippen LogP contribution < -0.4 is 15.8 Å². The van der Waals surface area contributed by atoms with Crippen LogP contribution in [0.3, 0.4) is 0 Å². The largest absolute Gasteiger partial charge is 0.480 e. The van der Waals surface area contributed by atoms with Crippen LogP contribution in [0.25, 0.3) is 0 Å². The molecule has 16 heavy (non-hydrogen) atoms. The predicted molar refractivity (Wildman–Crippen MR) is 56.1 cm³/mol. The van der Waals surface area contributed by atoms with Gasteiger partial charge in [0.15, 0.2) is 0 Å². The number of benzene rings is 1. The first-order valence-electron chi connectivity index (χ1n) is 4.58. The van der Waals surface area contributed by atoms with Gasteiger partial charge in [-0.15, -0.1) is 0 Å². The number of aliphatic carboxylic acids is 1. The predicted octanol–water partition coefficient (Wildman–Crippen LogP) is 0.187. The molecule has 0 radical (unpaired) electrons. The van der Waals surface area contributed by atoms with Gasteiger partial charge in [0.1, 0.15) is 11.8 Å². The van der Waals surface area contributed by atoms with Crippen LogP contribution >= 0.6 is 0 Å². The van der Waals surface area contributed by atoms with E-state index in [2.05, 4.69) is 5.32 Å². The first-order valence-corrected chi connectivity index (χ1v) is 4.58. The maximum atomic E-state index is 11.2. The van der Waals surface area contributed by atoms with Crippen LogP contribution in [0.1, 0.15) is 0 Å². The van der Waals surface area contributed by atoms with Crippen LogP contribution in [0.5, 0.6) is 5.75 Å². The average molecular weight is 224 g/mol. The Morgan fingerprint density at radius 1 is 1.38 bits per heavy atom. The molecular formula is C10H12N2O4. The Kier molecular flexibility index (Phi) is 4.28. The highest BCUT2D eigenvalue weighted by atomic mass is 16.6. The minimum absolute atomic E-state index is 0.180. The number of hydrogen-bond donors (Lipinski definition) is 3. The summed E-state index contributed by atoms with van der Waals surface area (Å²) in [5.74, 6) is -0.802. The Morgan fingerprint density at radius 3 is 2.56 bits per heavy atom. The standard InChI is InChI=1S/C10H12N2O4/c11-8(9(13)14)6-12-10(15)16-7-4-2-1-3-5-7/h1-5,8H,6,11H2,(H,12,15)(H,13,14)/t8-/m1/s1. The Balaban J connectivity index is 2.35. The van der Waals surface area contributed by atoms with E-state index in [1.807, 2.05) is 0 Å². The van der Waals surface area contributed by atoms with Gasteiger partial charge < -0.3 is 20.9 Å². The van der Waals surface area contributed by atoms with Crippen molar-refractivity contribution in [1.29, 1.82) is 0 Å². The quantitative estimate of drug-likeness (QED) is 0.677. The Morgan fingerprint density at radius 2 is 2.00 bits per heavy atom. The highest BCUT2D eigenvalue weighted by Crippen LogP contribution is 2.07. The zero-order valence-corrected chi connectivity index (χ0v) is 8.42. The van der Waals surface area contributed by atoms with E-state index in [0.717, 1.165) is 0 Å². The molecule has 6 nitrogen and oxygen atoms in total. The van der Waals surface area contributed by atoms with E-state index in [9.17, 15) is 9.59 Å². The van der Waals surface area contributed by atoms with Crippen molar-refractivity contribution in [3.05, 3.63) is 30.3 Å². The Bertz CT molecular complexity index is 366. The van der Waals surface area contributed by atoms with Crippen molar-refractivity contribution in [3.63, 3.8) is 0 Å². The zero-order chi connectivity index (χ0) is 12.0. The van der Waals surface area contributed by atoms with E-state index >= 15 is 0 Å². The van der Waals surface area contributed by atoms with Gasteiger partial charge in [-0.2, -0.15) is 0 Å². The van der Waals surface area contributed by atoms with E-state index in [1.165, 1.54) is 0 Å². The van der Waals surface area contributed by atoms with Gasteiger partial charge in [-0.25, -0.2) is 4.79 Å². The van der Waals surface area contributed by atoms with E-state index in [1.54, 1.807) is 30.3 Å². The van der Waals surface area contributed by atoms with Crippen molar-refractivity contribution >= 4 is 12.1 Å². The highest BCUT2D eigenvalue weighted by molar-refractivity contribution is 5.75. The van der Waals surface area contributed by atoms with Crippen LogP contribution in [0.15, 0.2) is 30.3 Å². The maximum Gasteiger partial charge on any atom is 0.412 e. The van der Waals surface area contributed by atoms with E-state index in [4.69, 9.17) is 15.6 Å².